The van der Waals surface area contributed by atoms with Crippen LogP contribution in [0.2, 0.25) is 0 Å². The van der Waals surface area contributed by atoms with Crippen molar-refractivity contribution in [1.82, 2.24) is 14.9 Å². The first-order valence-corrected chi connectivity index (χ1v) is 11.0. The number of aliphatic hydroxyl groups excluding tert-OH is 1. The number of rotatable bonds is 8. The van der Waals surface area contributed by atoms with Crippen molar-refractivity contribution < 1.29 is 24.1 Å². The third-order valence-electron chi connectivity index (χ3n) is 6.24. The molecule has 172 valence electrons. The van der Waals surface area contributed by atoms with E-state index in [0.29, 0.717) is 35.8 Å². The van der Waals surface area contributed by atoms with E-state index in [1.54, 1.807) is 17.6 Å². The Labute approximate surface area is 189 Å². The fourth-order valence-corrected chi connectivity index (χ4v) is 4.67. The predicted octanol–water partition coefficient (Wildman–Crippen LogP) is 2.03. The van der Waals surface area contributed by atoms with Crippen molar-refractivity contribution in [2.45, 2.75) is 39.5 Å². The van der Waals surface area contributed by atoms with Gasteiger partial charge in [-0.15, -0.1) is 0 Å². The van der Waals surface area contributed by atoms with Gasteiger partial charge < -0.3 is 29.2 Å². The molecule has 0 bridgehead atoms. The Morgan fingerprint density at radius 2 is 2.06 bits per heavy atom. The highest BCUT2D eigenvalue weighted by Crippen LogP contribution is 2.41. The standard InChI is InChI=1S/C24H25N3O6/c1-3-25-5-4-14-16-7-21-22(33-12-32-21)8-19(16)26-23-17(14)9-27-20(23)6-15(13(2)29)18(24(27)30)10-31-11-28/h6-8,11,13,25,29H,3-5,9-10,12H2,1-2H3. The third-order valence-corrected chi connectivity index (χ3v) is 6.24. The van der Waals surface area contributed by atoms with Crippen molar-refractivity contribution in [3.63, 3.8) is 0 Å². The molecule has 1 unspecified atom stereocenters. The summed E-state index contributed by atoms with van der Waals surface area (Å²) in [5.74, 6) is 1.33. The number of nitrogens with one attached hydrogen (secondary N) is 1. The molecule has 1 aromatic carbocycles. The molecule has 2 aliphatic rings. The molecule has 33 heavy (non-hydrogen) atoms. The second kappa shape index (κ2) is 8.49. The Balaban J connectivity index is 1.73. The van der Waals surface area contributed by atoms with Gasteiger partial charge in [0.25, 0.3) is 12.0 Å². The molecule has 2 N–H and O–H groups in total. The molecule has 9 nitrogen and oxygen atoms in total. The van der Waals surface area contributed by atoms with Gasteiger partial charge in [0.15, 0.2) is 11.5 Å². The second-order valence-corrected chi connectivity index (χ2v) is 8.18. The molecule has 0 fully saturated rings. The molecule has 3 aromatic rings. The van der Waals surface area contributed by atoms with Gasteiger partial charge in [-0.25, -0.2) is 4.98 Å². The third kappa shape index (κ3) is 3.53. The van der Waals surface area contributed by atoms with Crippen LogP contribution in [0, 0.1) is 0 Å². The van der Waals surface area contributed by atoms with Crippen molar-refractivity contribution in [1.29, 1.82) is 0 Å². The predicted molar refractivity (Wildman–Crippen MR) is 120 cm³/mol. The van der Waals surface area contributed by atoms with Gasteiger partial charge >= 0.3 is 0 Å². The lowest BCUT2D eigenvalue weighted by molar-refractivity contribution is -0.129. The largest absolute Gasteiger partial charge is 0.463 e. The van der Waals surface area contributed by atoms with Crippen LogP contribution in [-0.2, 0) is 29.1 Å². The Morgan fingerprint density at radius 1 is 1.27 bits per heavy atom. The number of likely N-dealkylation sites (N-methyl/N-ethyl adjacent to an activating group) is 1. The lowest BCUT2D eigenvalue weighted by Crippen LogP contribution is -2.26. The van der Waals surface area contributed by atoms with Crippen LogP contribution in [0.3, 0.4) is 0 Å². The van der Waals surface area contributed by atoms with E-state index >= 15 is 0 Å². The molecule has 0 radical (unpaired) electrons. The van der Waals surface area contributed by atoms with Crippen LogP contribution in [0.25, 0.3) is 22.3 Å². The van der Waals surface area contributed by atoms with Gasteiger partial charge in [0, 0.05) is 17.0 Å². The fraction of sp³-hybridized carbons (Fsp3) is 0.375. The van der Waals surface area contributed by atoms with Crippen LogP contribution < -0.4 is 20.3 Å². The maximum Gasteiger partial charge on any atom is 0.293 e. The van der Waals surface area contributed by atoms with Gasteiger partial charge in [0.2, 0.25) is 6.79 Å². The van der Waals surface area contributed by atoms with Gasteiger partial charge in [-0.1, -0.05) is 6.92 Å². The Morgan fingerprint density at radius 3 is 2.79 bits per heavy atom. The number of hydrogen-bond donors (Lipinski definition) is 2. The zero-order valence-corrected chi connectivity index (χ0v) is 18.5. The molecule has 0 saturated heterocycles. The quantitative estimate of drug-likeness (QED) is 0.309. The van der Waals surface area contributed by atoms with E-state index in [4.69, 9.17) is 19.2 Å². The summed E-state index contributed by atoms with van der Waals surface area (Å²) >= 11 is 0. The lowest BCUT2D eigenvalue weighted by Gasteiger charge is -2.14. The van der Waals surface area contributed by atoms with Crippen LogP contribution >= 0.6 is 0 Å². The number of hydrogen-bond acceptors (Lipinski definition) is 8. The highest BCUT2D eigenvalue weighted by atomic mass is 16.7. The van der Waals surface area contributed by atoms with Crippen molar-refractivity contribution in [2.24, 2.45) is 0 Å². The van der Waals surface area contributed by atoms with Gasteiger partial charge in [0.1, 0.15) is 6.61 Å². The Kier molecular flexibility index (Phi) is 5.51. The van der Waals surface area contributed by atoms with Crippen LogP contribution in [0.4, 0.5) is 0 Å². The smallest absolute Gasteiger partial charge is 0.293 e. The molecule has 4 heterocycles. The van der Waals surface area contributed by atoms with Crippen molar-refractivity contribution in [3.05, 3.63) is 50.8 Å². The summed E-state index contributed by atoms with van der Waals surface area (Å²) in [6.07, 6.45) is -0.150. The van der Waals surface area contributed by atoms with Gasteiger partial charge in [-0.2, -0.15) is 0 Å². The normalized spacial score (nSPS) is 14.3. The van der Waals surface area contributed by atoms with E-state index in [2.05, 4.69) is 12.2 Å². The summed E-state index contributed by atoms with van der Waals surface area (Å²) in [7, 11) is 0. The average Bonchev–Trinajstić information content (AvgIpc) is 3.41. The number of benzene rings is 1. The minimum atomic E-state index is -0.902. The number of carbonyl (C=O) groups is 1. The van der Waals surface area contributed by atoms with Crippen molar-refractivity contribution in [2.75, 3.05) is 19.9 Å². The van der Waals surface area contributed by atoms with Gasteiger partial charge in [-0.05, 0) is 49.7 Å². The van der Waals surface area contributed by atoms with E-state index < -0.39 is 6.10 Å². The molecule has 0 saturated carbocycles. The molecular formula is C24H25N3O6. The number of pyridine rings is 2. The van der Waals surface area contributed by atoms with Crippen LogP contribution in [0.15, 0.2) is 23.0 Å². The molecule has 1 atom stereocenters. The molecule has 0 aliphatic carbocycles. The fourth-order valence-electron chi connectivity index (χ4n) is 4.67. The highest BCUT2D eigenvalue weighted by Gasteiger charge is 2.30. The van der Waals surface area contributed by atoms with E-state index in [0.717, 1.165) is 47.2 Å². The number of nitrogens with zero attached hydrogens (tertiary/aromatic N) is 2. The Hall–Kier alpha value is -3.43. The van der Waals surface area contributed by atoms with E-state index in [-0.39, 0.29) is 24.5 Å². The first kappa shape index (κ1) is 21.4. The summed E-state index contributed by atoms with van der Waals surface area (Å²) in [5.41, 5.74) is 4.61. The summed E-state index contributed by atoms with van der Waals surface area (Å²) in [5, 5.41) is 14.7. The van der Waals surface area contributed by atoms with Gasteiger partial charge in [0.05, 0.1) is 35.1 Å². The van der Waals surface area contributed by atoms with Crippen LogP contribution in [-0.4, -0.2) is 41.0 Å². The minimum Gasteiger partial charge on any atom is -0.463 e. The molecule has 5 rings (SSSR count). The lowest BCUT2D eigenvalue weighted by atomic mass is 9.97. The molecule has 9 heteroatoms. The van der Waals surface area contributed by atoms with E-state index in [1.165, 1.54) is 0 Å². The number of ether oxygens (including phenoxy) is 3. The number of fused-ring (bicyclic) bond motifs is 5. The maximum absolute atomic E-state index is 13.4. The SMILES string of the molecule is CCNCCc1c2c(nc3cc4c(cc13)OCO4)-c1cc(C(C)O)c(COC=O)c(=O)n1C2. The molecular weight excluding hydrogens is 426 g/mol. The van der Waals surface area contributed by atoms with Crippen LogP contribution in [0.1, 0.15) is 42.2 Å². The summed E-state index contributed by atoms with van der Waals surface area (Å²) in [6, 6.07) is 5.61. The average molecular weight is 451 g/mol. The molecule has 2 aliphatic heterocycles. The number of aromatic nitrogens is 2. The monoisotopic (exact) mass is 451 g/mol. The van der Waals surface area contributed by atoms with Crippen molar-refractivity contribution in [3.8, 4) is 22.9 Å². The van der Waals surface area contributed by atoms with E-state index in [1.807, 2.05) is 12.1 Å². The zero-order chi connectivity index (χ0) is 23.1. The van der Waals surface area contributed by atoms with Gasteiger partial charge in [-0.3, -0.25) is 9.59 Å². The second-order valence-electron chi connectivity index (χ2n) is 8.18. The Bertz CT molecular complexity index is 1310. The maximum atomic E-state index is 13.4. The minimum absolute atomic E-state index is 0.180. The van der Waals surface area contributed by atoms with E-state index in [9.17, 15) is 14.7 Å². The first-order valence-electron chi connectivity index (χ1n) is 11.0. The molecule has 0 spiro atoms. The summed E-state index contributed by atoms with van der Waals surface area (Å²) < 4.78 is 17.7. The molecule has 2 aromatic heterocycles. The van der Waals surface area contributed by atoms with Crippen molar-refractivity contribution >= 4 is 17.4 Å². The topological polar surface area (TPSA) is 112 Å². The number of aliphatic hydroxyl groups is 1. The summed E-state index contributed by atoms with van der Waals surface area (Å²) in [4.78, 5) is 29.0. The molecule has 0 amide bonds. The highest BCUT2D eigenvalue weighted by molar-refractivity contribution is 5.90. The summed E-state index contributed by atoms with van der Waals surface area (Å²) in [6.45, 7) is 5.92. The zero-order valence-electron chi connectivity index (χ0n) is 18.5. The first-order chi connectivity index (χ1) is 16.0. The van der Waals surface area contributed by atoms with Crippen LogP contribution in [0.5, 0.6) is 11.5 Å². The number of carbonyl (C=O) groups excluding carboxylic acids is 1.